The molecule has 0 saturated heterocycles. The molecule has 39 heavy (non-hydrogen) atoms. The first kappa shape index (κ1) is 26.4. The number of furan rings is 1. The highest BCUT2D eigenvalue weighted by atomic mass is 16.6. The van der Waals surface area contributed by atoms with Crippen LogP contribution in [0, 0.1) is 23.7 Å². The zero-order valence-electron chi connectivity index (χ0n) is 21.4. The van der Waals surface area contributed by atoms with Crippen molar-refractivity contribution < 1.29 is 43.4 Å². The number of rotatable bonds is 5. The number of likely N-dealkylation sites (N-methyl/N-ethyl adjacent to an activating group) is 1. The van der Waals surface area contributed by atoms with Gasteiger partial charge in [0.25, 0.3) is 0 Å². The van der Waals surface area contributed by atoms with E-state index >= 15 is 0 Å². The van der Waals surface area contributed by atoms with E-state index in [9.17, 15) is 34.2 Å². The third-order valence-electron chi connectivity index (χ3n) is 8.12. The van der Waals surface area contributed by atoms with Crippen LogP contribution in [0.1, 0.15) is 28.1 Å². The van der Waals surface area contributed by atoms with Crippen LogP contribution in [0.15, 0.2) is 33.8 Å². The zero-order valence-corrected chi connectivity index (χ0v) is 21.4. The van der Waals surface area contributed by atoms with Crippen molar-refractivity contribution in [1.82, 2.24) is 4.90 Å². The number of aromatic hydroxyl groups is 1. The van der Waals surface area contributed by atoms with Gasteiger partial charge in [-0.15, -0.1) is 0 Å². The van der Waals surface area contributed by atoms with Crippen molar-refractivity contribution in [2.24, 2.45) is 34.6 Å². The molecule has 6 atom stereocenters. The Labute approximate surface area is 222 Å². The Morgan fingerprint density at radius 3 is 2.54 bits per heavy atom. The quantitative estimate of drug-likeness (QED) is 0.268. The van der Waals surface area contributed by atoms with Crippen molar-refractivity contribution in [2.75, 3.05) is 21.2 Å². The van der Waals surface area contributed by atoms with Crippen LogP contribution in [0.2, 0.25) is 0 Å². The predicted molar refractivity (Wildman–Crippen MR) is 134 cm³/mol. The molecule has 1 aromatic carbocycles. The Bertz CT molecular complexity index is 1460. The second-order valence-electron chi connectivity index (χ2n) is 10.4. The van der Waals surface area contributed by atoms with E-state index in [1.807, 2.05) is 0 Å². The van der Waals surface area contributed by atoms with E-state index in [0.29, 0.717) is 22.6 Å². The lowest BCUT2D eigenvalue weighted by molar-refractivity contribution is -0.181. The van der Waals surface area contributed by atoms with Crippen molar-refractivity contribution in [1.29, 1.82) is 0 Å². The minimum atomic E-state index is -2.76. The number of phenols is 1. The number of nitrogens with two attached hydrogens (primary N) is 1. The van der Waals surface area contributed by atoms with Crippen LogP contribution in [-0.4, -0.2) is 83.2 Å². The maximum Gasteiger partial charge on any atom is 0.235 e. The van der Waals surface area contributed by atoms with Gasteiger partial charge in [-0.25, -0.2) is 0 Å². The summed E-state index contributed by atoms with van der Waals surface area (Å²) in [5, 5.41) is 26.0. The maximum atomic E-state index is 13.9. The molecule has 204 valence electrons. The summed E-state index contributed by atoms with van der Waals surface area (Å²) in [5.41, 5.74) is 3.41. The molecule has 6 unspecified atom stereocenters. The van der Waals surface area contributed by atoms with E-state index in [-0.39, 0.29) is 24.2 Å². The number of Topliss-reactive ketones (excluding diaryl/α,β-unsaturated/α-hetero) is 4. The highest BCUT2D eigenvalue weighted by Crippen LogP contribution is 2.51. The van der Waals surface area contributed by atoms with Crippen LogP contribution in [-0.2, 0) is 30.4 Å². The fraction of sp³-hybridized carbons (Fsp3) is 0.407. The van der Waals surface area contributed by atoms with Crippen molar-refractivity contribution >= 4 is 35.3 Å². The summed E-state index contributed by atoms with van der Waals surface area (Å²) >= 11 is 0. The fourth-order valence-corrected chi connectivity index (χ4v) is 6.51. The Hall–Kier alpha value is -4.16. The topological polar surface area (TPSA) is 190 Å². The number of carbonyl (C=O) groups excluding carboxylic acids is 5. The van der Waals surface area contributed by atoms with Gasteiger partial charge in [-0.1, -0.05) is 5.16 Å². The van der Waals surface area contributed by atoms with Crippen LogP contribution >= 0.6 is 0 Å². The Balaban J connectivity index is 1.62. The predicted octanol–water partition coefficient (Wildman–Crippen LogP) is 0.107. The number of nitrogens with zero attached hydrogens (tertiary/aromatic N) is 2. The van der Waals surface area contributed by atoms with Crippen molar-refractivity contribution in [3.05, 3.63) is 41.2 Å². The molecule has 0 bridgehead atoms. The van der Waals surface area contributed by atoms with Crippen LogP contribution < -0.4 is 5.73 Å². The molecule has 3 aliphatic carbocycles. The molecule has 0 radical (unpaired) electrons. The summed E-state index contributed by atoms with van der Waals surface area (Å²) in [6, 6.07) is 5.04. The number of fused-ring (bicyclic) bond motifs is 3. The molecule has 5 rings (SSSR count). The van der Waals surface area contributed by atoms with Crippen molar-refractivity contribution in [2.45, 2.75) is 24.5 Å². The van der Waals surface area contributed by atoms with E-state index in [2.05, 4.69) is 9.99 Å². The lowest BCUT2D eigenvalue weighted by atomic mass is 9.52. The lowest BCUT2D eigenvalue weighted by Gasteiger charge is -2.52. The van der Waals surface area contributed by atoms with E-state index < -0.39 is 64.4 Å². The molecule has 12 nitrogen and oxygen atoms in total. The Morgan fingerprint density at radius 2 is 1.90 bits per heavy atom. The van der Waals surface area contributed by atoms with Gasteiger partial charge >= 0.3 is 0 Å². The van der Waals surface area contributed by atoms with E-state index in [1.165, 1.54) is 38.4 Å². The maximum absolute atomic E-state index is 13.9. The molecule has 0 aliphatic heterocycles. The lowest BCUT2D eigenvalue weighted by Crippen LogP contribution is -2.74. The SMILES string of the molecule is CO/N=C\c1ccc(-c2ccc(O)c3c2CC2CC4C(N(C)C)C(=O)C(C(N)=O)C(=O)C4(O)C(=O)C2C3=O)o1. The number of hydrogen-bond donors (Lipinski definition) is 3. The molecule has 3 aliphatic rings. The highest BCUT2D eigenvalue weighted by molar-refractivity contribution is 6.32. The van der Waals surface area contributed by atoms with Gasteiger partial charge in [0.1, 0.15) is 30.6 Å². The monoisotopic (exact) mass is 537 g/mol. The number of carbonyl (C=O) groups is 5. The van der Waals surface area contributed by atoms with Gasteiger partial charge in [-0.05, 0) is 62.7 Å². The summed E-state index contributed by atoms with van der Waals surface area (Å²) in [7, 11) is 4.45. The first-order valence-corrected chi connectivity index (χ1v) is 12.3. The van der Waals surface area contributed by atoms with E-state index in [1.54, 1.807) is 18.2 Å². The van der Waals surface area contributed by atoms with Gasteiger partial charge in [0.05, 0.1) is 17.5 Å². The van der Waals surface area contributed by atoms with Gasteiger partial charge in [0.15, 0.2) is 34.7 Å². The number of hydrogen-bond acceptors (Lipinski definition) is 11. The van der Waals surface area contributed by atoms with Crippen molar-refractivity contribution in [3.63, 3.8) is 0 Å². The first-order valence-electron chi connectivity index (χ1n) is 12.3. The smallest absolute Gasteiger partial charge is 0.235 e. The van der Waals surface area contributed by atoms with Gasteiger partial charge in [0, 0.05) is 11.5 Å². The molecule has 1 amide bonds. The van der Waals surface area contributed by atoms with Gasteiger partial charge in [0.2, 0.25) is 5.91 Å². The number of amides is 1. The second kappa shape index (κ2) is 9.24. The zero-order chi connectivity index (χ0) is 28.4. The Morgan fingerprint density at radius 1 is 1.18 bits per heavy atom. The van der Waals surface area contributed by atoms with Gasteiger partial charge in [-0.3, -0.25) is 28.9 Å². The number of aliphatic hydroxyl groups is 1. The van der Waals surface area contributed by atoms with Crippen molar-refractivity contribution in [3.8, 4) is 17.1 Å². The first-order chi connectivity index (χ1) is 18.4. The molecular weight excluding hydrogens is 510 g/mol. The molecular formula is C27H27N3O9. The van der Waals surface area contributed by atoms with Gasteiger partial charge in [-0.2, -0.15) is 0 Å². The number of oxime groups is 1. The molecule has 12 heteroatoms. The summed E-state index contributed by atoms with van der Waals surface area (Å²) < 4.78 is 5.81. The minimum Gasteiger partial charge on any atom is -0.507 e. The molecule has 0 spiro atoms. The minimum absolute atomic E-state index is 0.0388. The van der Waals surface area contributed by atoms with Crippen LogP contribution in [0.5, 0.6) is 5.75 Å². The summed E-state index contributed by atoms with van der Waals surface area (Å²) in [5.74, 6) is -10.2. The molecule has 1 heterocycles. The standard InChI is InChI=1S/C27H27N3O9/c1-30(2)21-15-9-11-8-14-13(17-7-4-12(39-17)10-29-38-3)5-6-16(31)19(14)22(32)18(11)24(34)27(15,37)25(35)20(23(21)33)26(28)36/h4-7,10-11,15,18,20-21,31,37H,8-9H2,1-3H3,(H2,28,36)/b29-10-. The Kier molecular flexibility index (Phi) is 6.27. The molecule has 2 aromatic rings. The number of primary amides is 1. The molecule has 4 N–H and O–H groups in total. The molecule has 2 saturated carbocycles. The number of ketones is 4. The van der Waals surface area contributed by atoms with Crippen LogP contribution in [0.25, 0.3) is 11.3 Å². The summed E-state index contributed by atoms with van der Waals surface area (Å²) in [6.45, 7) is 0. The van der Waals surface area contributed by atoms with Crippen LogP contribution in [0.4, 0.5) is 0 Å². The average molecular weight is 538 g/mol. The molecule has 2 fully saturated rings. The fourth-order valence-electron chi connectivity index (χ4n) is 6.51. The average Bonchev–Trinajstić information content (AvgIpc) is 3.33. The number of benzene rings is 1. The third kappa shape index (κ3) is 3.73. The number of phenolic OH excluding ortho intramolecular Hbond substituents is 1. The summed E-state index contributed by atoms with van der Waals surface area (Å²) in [6.07, 6.45) is 1.44. The van der Waals surface area contributed by atoms with Gasteiger partial charge < -0.3 is 25.2 Å². The molecule has 1 aromatic heterocycles. The van der Waals surface area contributed by atoms with E-state index in [4.69, 9.17) is 10.2 Å². The largest absolute Gasteiger partial charge is 0.507 e. The van der Waals surface area contributed by atoms with E-state index in [0.717, 1.165) is 0 Å². The summed E-state index contributed by atoms with van der Waals surface area (Å²) in [4.78, 5) is 72.3. The normalized spacial score (nSPS) is 30.3. The van der Waals surface area contributed by atoms with Crippen LogP contribution in [0.3, 0.4) is 0 Å². The third-order valence-corrected chi connectivity index (χ3v) is 8.12. The highest BCUT2D eigenvalue weighted by Gasteiger charge is 2.69. The second-order valence-corrected chi connectivity index (χ2v) is 10.4.